The molecule has 132 valence electrons. The highest BCUT2D eigenvalue weighted by molar-refractivity contribution is 5.85. The molecule has 0 radical (unpaired) electrons. The Labute approximate surface area is 157 Å². The second kappa shape index (κ2) is 10.7. The van der Waals surface area contributed by atoms with E-state index in [0.29, 0.717) is 6.04 Å². The molecule has 1 saturated heterocycles. The van der Waals surface area contributed by atoms with Gasteiger partial charge in [-0.15, -0.1) is 24.8 Å². The summed E-state index contributed by atoms with van der Waals surface area (Å²) in [5, 5.41) is 3.54. The summed E-state index contributed by atoms with van der Waals surface area (Å²) in [6.07, 6.45) is 5.99. The van der Waals surface area contributed by atoms with Gasteiger partial charge in [0.1, 0.15) is 0 Å². The van der Waals surface area contributed by atoms with Gasteiger partial charge in [0.25, 0.3) is 0 Å². The largest absolute Gasteiger partial charge is 0.314 e. The molecule has 3 rings (SSSR count). The van der Waals surface area contributed by atoms with Crippen LogP contribution in [0.25, 0.3) is 0 Å². The molecule has 0 amide bonds. The second-order valence-electron chi connectivity index (χ2n) is 5.96. The number of hydrogen-bond donors (Lipinski definition) is 1. The minimum Gasteiger partial charge on any atom is -0.314 e. The molecule has 1 aromatic carbocycles. The van der Waals surface area contributed by atoms with Crippen molar-refractivity contribution >= 4 is 24.8 Å². The molecule has 1 aromatic heterocycles. The molecule has 24 heavy (non-hydrogen) atoms. The van der Waals surface area contributed by atoms with E-state index in [2.05, 4.69) is 52.5 Å². The van der Waals surface area contributed by atoms with Crippen LogP contribution in [0.15, 0.2) is 48.8 Å². The molecule has 2 aromatic rings. The van der Waals surface area contributed by atoms with Gasteiger partial charge in [-0.3, -0.25) is 9.88 Å². The number of hydrogen-bond acceptors (Lipinski definition) is 3. The molecule has 1 fully saturated rings. The minimum absolute atomic E-state index is 0. The van der Waals surface area contributed by atoms with Gasteiger partial charge >= 0.3 is 0 Å². The monoisotopic (exact) mass is 367 g/mol. The summed E-state index contributed by atoms with van der Waals surface area (Å²) in [5.74, 6) is 0. The molecule has 0 aliphatic carbocycles. The number of piperazine rings is 1. The van der Waals surface area contributed by atoms with Crippen LogP contribution in [-0.2, 0) is 12.8 Å². The van der Waals surface area contributed by atoms with E-state index in [-0.39, 0.29) is 24.8 Å². The Hall–Kier alpha value is -1.13. The maximum Gasteiger partial charge on any atom is 0.0473 e. The van der Waals surface area contributed by atoms with Gasteiger partial charge < -0.3 is 5.32 Å². The van der Waals surface area contributed by atoms with Crippen LogP contribution < -0.4 is 5.32 Å². The van der Waals surface area contributed by atoms with E-state index in [1.807, 2.05) is 18.5 Å². The molecule has 1 N–H and O–H groups in total. The van der Waals surface area contributed by atoms with Crippen molar-refractivity contribution in [2.24, 2.45) is 0 Å². The summed E-state index contributed by atoms with van der Waals surface area (Å²) in [5.41, 5.74) is 4.16. The maximum absolute atomic E-state index is 4.21. The Kier molecular flexibility index (Phi) is 9.30. The minimum atomic E-state index is 0. The van der Waals surface area contributed by atoms with E-state index in [1.54, 1.807) is 0 Å². The summed E-state index contributed by atoms with van der Waals surface area (Å²) < 4.78 is 0. The molecule has 1 aliphatic heterocycles. The van der Waals surface area contributed by atoms with Crippen molar-refractivity contribution in [2.75, 3.05) is 26.2 Å². The number of rotatable bonds is 5. The normalized spacial score (nSPS) is 17.6. The van der Waals surface area contributed by atoms with Crippen molar-refractivity contribution in [1.29, 1.82) is 0 Å². The van der Waals surface area contributed by atoms with Crippen molar-refractivity contribution in [1.82, 2.24) is 15.2 Å². The van der Waals surface area contributed by atoms with Crippen molar-refractivity contribution in [3.63, 3.8) is 0 Å². The fourth-order valence-corrected chi connectivity index (χ4v) is 3.14. The SMILES string of the molecule is CCc1ccc(C2CNCCN2CCc2cccnc2)cc1.Cl.Cl. The van der Waals surface area contributed by atoms with E-state index < -0.39 is 0 Å². The maximum atomic E-state index is 4.21. The Morgan fingerprint density at radius 1 is 1.12 bits per heavy atom. The van der Waals surface area contributed by atoms with E-state index >= 15 is 0 Å². The van der Waals surface area contributed by atoms with Crippen molar-refractivity contribution in [3.8, 4) is 0 Å². The summed E-state index contributed by atoms with van der Waals surface area (Å²) >= 11 is 0. The first kappa shape index (κ1) is 20.9. The molecule has 0 spiro atoms. The topological polar surface area (TPSA) is 28.2 Å². The highest BCUT2D eigenvalue weighted by Crippen LogP contribution is 2.23. The summed E-state index contributed by atoms with van der Waals surface area (Å²) in [4.78, 5) is 6.82. The summed E-state index contributed by atoms with van der Waals surface area (Å²) in [6, 6.07) is 13.8. The van der Waals surface area contributed by atoms with E-state index in [4.69, 9.17) is 0 Å². The lowest BCUT2D eigenvalue weighted by Gasteiger charge is -2.36. The Morgan fingerprint density at radius 2 is 1.92 bits per heavy atom. The predicted octanol–water partition coefficient (Wildman–Crippen LogP) is 3.68. The fraction of sp³-hybridized carbons (Fsp3) is 0.421. The number of aryl methyl sites for hydroxylation is 1. The molecule has 0 bridgehead atoms. The van der Waals surface area contributed by atoms with Crippen molar-refractivity contribution < 1.29 is 0 Å². The third kappa shape index (κ3) is 5.45. The number of halogens is 2. The zero-order valence-corrected chi connectivity index (χ0v) is 15.8. The van der Waals surface area contributed by atoms with Crippen LogP contribution >= 0.6 is 24.8 Å². The van der Waals surface area contributed by atoms with Gasteiger partial charge in [0.15, 0.2) is 0 Å². The summed E-state index contributed by atoms with van der Waals surface area (Å²) in [7, 11) is 0. The molecule has 1 atom stereocenters. The zero-order valence-electron chi connectivity index (χ0n) is 14.1. The molecular formula is C19H27Cl2N3. The lowest BCUT2D eigenvalue weighted by Crippen LogP contribution is -2.46. The first-order chi connectivity index (χ1) is 10.9. The molecule has 3 nitrogen and oxygen atoms in total. The first-order valence-electron chi connectivity index (χ1n) is 8.29. The summed E-state index contributed by atoms with van der Waals surface area (Å²) in [6.45, 7) is 6.53. The van der Waals surface area contributed by atoms with Gasteiger partial charge in [0.05, 0.1) is 0 Å². The van der Waals surface area contributed by atoms with E-state index in [9.17, 15) is 0 Å². The Balaban J connectivity index is 0.00000144. The van der Waals surface area contributed by atoms with Crippen LogP contribution in [0.3, 0.4) is 0 Å². The van der Waals surface area contributed by atoms with Crippen LogP contribution in [0, 0.1) is 0 Å². The lowest BCUT2D eigenvalue weighted by molar-refractivity contribution is 0.164. The van der Waals surface area contributed by atoms with E-state index in [0.717, 1.165) is 39.0 Å². The molecule has 2 heterocycles. The van der Waals surface area contributed by atoms with Crippen molar-refractivity contribution in [2.45, 2.75) is 25.8 Å². The van der Waals surface area contributed by atoms with Crippen LogP contribution in [0.1, 0.15) is 29.7 Å². The smallest absolute Gasteiger partial charge is 0.0473 e. The van der Waals surface area contributed by atoms with Gasteiger partial charge in [0.2, 0.25) is 0 Å². The molecule has 5 heteroatoms. The highest BCUT2D eigenvalue weighted by Gasteiger charge is 2.23. The van der Waals surface area contributed by atoms with Crippen molar-refractivity contribution in [3.05, 3.63) is 65.5 Å². The molecular weight excluding hydrogens is 341 g/mol. The zero-order chi connectivity index (χ0) is 15.2. The van der Waals surface area contributed by atoms with Gasteiger partial charge in [-0.1, -0.05) is 37.3 Å². The molecule has 0 saturated carbocycles. The van der Waals surface area contributed by atoms with Crippen LogP contribution in [0.5, 0.6) is 0 Å². The first-order valence-corrected chi connectivity index (χ1v) is 8.29. The van der Waals surface area contributed by atoms with Crippen LogP contribution in [0.4, 0.5) is 0 Å². The Morgan fingerprint density at radius 3 is 2.58 bits per heavy atom. The van der Waals surface area contributed by atoms with Crippen LogP contribution in [-0.4, -0.2) is 36.1 Å². The number of nitrogens with zero attached hydrogens (tertiary/aromatic N) is 2. The Bertz CT molecular complexity index is 575. The third-order valence-corrected chi connectivity index (χ3v) is 4.54. The standard InChI is InChI=1S/C19H25N3.2ClH/c1-2-16-5-7-18(8-6-16)19-15-21-11-13-22(19)12-9-17-4-3-10-20-14-17;;/h3-8,10,14,19,21H,2,9,11-13,15H2,1H3;2*1H. The second-order valence-corrected chi connectivity index (χ2v) is 5.96. The highest BCUT2D eigenvalue weighted by atomic mass is 35.5. The lowest BCUT2D eigenvalue weighted by atomic mass is 10.0. The number of nitrogens with one attached hydrogen (secondary N) is 1. The molecule has 1 unspecified atom stereocenters. The molecule has 1 aliphatic rings. The quantitative estimate of drug-likeness (QED) is 0.873. The van der Waals surface area contributed by atoms with Gasteiger partial charge in [-0.05, 0) is 35.6 Å². The number of aromatic nitrogens is 1. The average Bonchev–Trinajstić information content (AvgIpc) is 2.61. The van der Waals surface area contributed by atoms with Gasteiger partial charge in [-0.25, -0.2) is 0 Å². The fourth-order valence-electron chi connectivity index (χ4n) is 3.14. The van der Waals surface area contributed by atoms with E-state index in [1.165, 1.54) is 16.7 Å². The predicted molar refractivity (Wildman–Crippen MR) is 105 cm³/mol. The number of benzene rings is 1. The van der Waals surface area contributed by atoms with Gasteiger partial charge in [0, 0.05) is 44.6 Å². The number of pyridine rings is 1. The average molecular weight is 368 g/mol. The van der Waals surface area contributed by atoms with Crippen LogP contribution in [0.2, 0.25) is 0 Å². The van der Waals surface area contributed by atoms with Gasteiger partial charge in [-0.2, -0.15) is 0 Å². The third-order valence-electron chi connectivity index (χ3n) is 4.54.